The molecule has 2 rings (SSSR count). The van der Waals surface area contributed by atoms with E-state index in [1.54, 1.807) is 13.8 Å². The van der Waals surface area contributed by atoms with Gasteiger partial charge in [-0.2, -0.15) is 4.31 Å². The Bertz CT molecular complexity index is 574. The SMILES string of the molecule is Cc1ccc(F)c(S(=O)(=O)N2CCC(C)(O)CC2)c1. The van der Waals surface area contributed by atoms with Gasteiger partial charge in [0.2, 0.25) is 10.0 Å². The maximum Gasteiger partial charge on any atom is 0.245 e. The van der Waals surface area contributed by atoms with Crippen molar-refractivity contribution < 1.29 is 17.9 Å². The number of halogens is 1. The highest BCUT2D eigenvalue weighted by atomic mass is 32.2. The highest BCUT2D eigenvalue weighted by molar-refractivity contribution is 7.89. The first-order valence-electron chi connectivity index (χ1n) is 6.21. The number of aryl methyl sites for hydroxylation is 1. The van der Waals surface area contributed by atoms with Crippen molar-refractivity contribution in [2.75, 3.05) is 13.1 Å². The first-order chi connectivity index (χ1) is 8.72. The van der Waals surface area contributed by atoms with Crippen LogP contribution in [0.4, 0.5) is 4.39 Å². The summed E-state index contributed by atoms with van der Waals surface area (Å²) in [6, 6.07) is 4.05. The topological polar surface area (TPSA) is 57.6 Å². The number of rotatable bonds is 2. The highest BCUT2D eigenvalue weighted by Crippen LogP contribution is 2.27. The minimum Gasteiger partial charge on any atom is -0.390 e. The van der Waals surface area contributed by atoms with Crippen molar-refractivity contribution in [2.45, 2.75) is 37.2 Å². The molecule has 1 aromatic carbocycles. The highest BCUT2D eigenvalue weighted by Gasteiger charge is 2.35. The molecule has 1 saturated heterocycles. The average molecular weight is 287 g/mol. The Hall–Kier alpha value is -0.980. The van der Waals surface area contributed by atoms with Crippen LogP contribution in [-0.2, 0) is 10.0 Å². The van der Waals surface area contributed by atoms with Crippen LogP contribution >= 0.6 is 0 Å². The Morgan fingerprint density at radius 2 is 1.89 bits per heavy atom. The Kier molecular flexibility index (Phi) is 3.68. The fourth-order valence-corrected chi connectivity index (χ4v) is 3.75. The number of sulfonamides is 1. The van der Waals surface area contributed by atoms with Crippen molar-refractivity contribution in [3.63, 3.8) is 0 Å². The number of hydrogen-bond acceptors (Lipinski definition) is 3. The lowest BCUT2D eigenvalue weighted by Crippen LogP contribution is -2.45. The summed E-state index contributed by atoms with van der Waals surface area (Å²) in [5, 5.41) is 9.83. The van der Waals surface area contributed by atoms with Gasteiger partial charge in [-0.1, -0.05) is 6.07 Å². The molecular formula is C13H18FNO3S. The molecule has 1 aliphatic heterocycles. The van der Waals surface area contributed by atoms with Gasteiger partial charge in [0.05, 0.1) is 5.60 Å². The third-order valence-electron chi connectivity index (χ3n) is 3.50. The van der Waals surface area contributed by atoms with Crippen LogP contribution in [0.2, 0.25) is 0 Å². The van der Waals surface area contributed by atoms with Gasteiger partial charge in [-0.25, -0.2) is 12.8 Å². The molecule has 0 atom stereocenters. The largest absolute Gasteiger partial charge is 0.390 e. The minimum absolute atomic E-state index is 0.211. The smallest absolute Gasteiger partial charge is 0.245 e. The molecule has 4 nitrogen and oxygen atoms in total. The van der Waals surface area contributed by atoms with Gasteiger partial charge >= 0.3 is 0 Å². The van der Waals surface area contributed by atoms with Crippen LogP contribution in [0.5, 0.6) is 0 Å². The van der Waals surface area contributed by atoms with E-state index in [2.05, 4.69) is 0 Å². The predicted octanol–water partition coefficient (Wildman–Crippen LogP) is 1.67. The summed E-state index contributed by atoms with van der Waals surface area (Å²) in [6.07, 6.45) is 0.722. The molecule has 0 unspecified atom stereocenters. The van der Waals surface area contributed by atoms with E-state index in [1.807, 2.05) is 0 Å². The summed E-state index contributed by atoms with van der Waals surface area (Å²) >= 11 is 0. The molecule has 0 amide bonds. The van der Waals surface area contributed by atoms with Gasteiger partial charge in [0, 0.05) is 13.1 Å². The minimum atomic E-state index is -3.82. The summed E-state index contributed by atoms with van der Waals surface area (Å²) in [5.74, 6) is -0.733. The molecule has 0 radical (unpaired) electrons. The van der Waals surface area contributed by atoms with E-state index in [0.717, 1.165) is 0 Å². The second-order valence-electron chi connectivity index (χ2n) is 5.33. The Morgan fingerprint density at radius 3 is 2.47 bits per heavy atom. The maximum absolute atomic E-state index is 13.7. The molecule has 1 aliphatic rings. The standard InChI is InChI=1S/C13H18FNO3S/c1-10-3-4-11(14)12(9-10)19(17,18)15-7-5-13(2,16)6-8-15/h3-4,9,16H,5-8H2,1-2H3. The fraction of sp³-hybridized carbons (Fsp3) is 0.538. The monoisotopic (exact) mass is 287 g/mol. The number of nitrogens with zero attached hydrogens (tertiary/aromatic N) is 1. The van der Waals surface area contributed by atoms with Crippen molar-refractivity contribution >= 4 is 10.0 Å². The summed E-state index contributed by atoms with van der Waals surface area (Å²) in [4.78, 5) is -0.283. The van der Waals surface area contributed by atoms with Crippen LogP contribution in [0.15, 0.2) is 23.1 Å². The molecule has 0 spiro atoms. The number of piperidine rings is 1. The van der Waals surface area contributed by atoms with Crippen molar-refractivity contribution in [3.8, 4) is 0 Å². The molecular weight excluding hydrogens is 269 g/mol. The predicted molar refractivity (Wildman–Crippen MR) is 69.8 cm³/mol. The molecule has 0 saturated carbocycles. The number of hydrogen-bond donors (Lipinski definition) is 1. The molecule has 19 heavy (non-hydrogen) atoms. The lowest BCUT2D eigenvalue weighted by atomic mass is 9.95. The zero-order valence-electron chi connectivity index (χ0n) is 11.1. The van der Waals surface area contributed by atoms with E-state index in [0.29, 0.717) is 18.4 Å². The molecule has 0 aliphatic carbocycles. The Balaban J connectivity index is 2.31. The van der Waals surface area contributed by atoms with Crippen LogP contribution in [0, 0.1) is 12.7 Å². The van der Waals surface area contributed by atoms with Gasteiger partial charge in [-0.3, -0.25) is 0 Å². The van der Waals surface area contributed by atoms with Crippen molar-refractivity contribution in [1.29, 1.82) is 0 Å². The first kappa shape index (κ1) is 14.4. The van der Waals surface area contributed by atoms with Gasteiger partial charge in [0.1, 0.15) is 10.7 Å². The Labute approximate surface area is 112 Å². The van der Waals surface area contributed by atoms with E-state index in [1.165, 1.54) is 22.5 Å². The van der Waals surface area contributed by atoms with E-state index >= 15 is 0 Å². The summed E-state index contributed by atoms with van der Waals surface area (Å²) < 4.78 is 39.7. The molecule has 1 aromatic rings. The fourth-order valence-electron chi connectivity index (χ4n) is 2.16. The van der Waals surface area contributed by atoms with Crippen molar-refractivity contribution in [2.24, 2.45) is 0 Å². The van der Waals surface area contributed by atoms with E-state index in [4.69, 9.17) is 0 Å². The normalized spacial score (nSPS) is 20.4. The van der Waals surface area contributed by atoms with Gasteiger partial charge in [0.25, 0.3) is 0 Å². The first-order valence-corrected chi connectivity index (χ1v) is 7.65. The lowest BCUT2D eigenvalue weighted by molar-refractivity contribution is 0.0126. The average Bonchev–Trinajstić information content (AvgIpc) is 2.31. The second-order valence-corrected chi connectivity index (χ2v) is 7.24. The number of aliphatic hydroxyl groups is 1. The van der Waals surface area contributed by atoms with Gasteiger partial charge < -0.3 is 5.11 Å². The van der Waals surface area contributed by atoms with Crippen LogP contribution < -0.4 is 0 Å². The second kappa shape index (κ2) is 4.85. The van der Waals surface area contributed by atoms with Gasteiger partial charge in [-0.15, -0.1) is 0 Å². The third-order valence-corrected chi connectivity index (χ3v) is 5.42. The van der Waals surface area contributed by atoms with Crippen LogP contribution in [-0.4, -0.2) is 36.5 Å². The van der Waals surface area contributed by atoms with Gasteiger partial charge in [-0.05, 0) is 44.4 Å². The quantitative estimate of drug-likeness (QED) is 0.900. The van der Waals surface area contributed by atoms with E-state index in [-0.39, 0.29) is 18.0 Å². The molecule has 1 N–H and O–H groups in total. The van der Waals surface area contributed by atoms with Crippen molar-refractivity contribution in [3.05, 3.63) is 29.6 Å². The maximum atomic E-state index is 13.7. The third kappa shape index (κ3) is 2.96. The van der Waals surface area contributed by atoms with Crippen LogP contribution in [0.1, 0.15) is 25.3 Å². The molecule has 106 valence electrons. The zero-order chi connectivity index (χ0) is 14.3. The van der Waals surface area contributed by atoms with Crippen LogP contribution in [0.3, 0.4) is 0 Å². The van der Waals surface area contributed by atoms with E-state index < -0.39 is 21.4 Å². The lowest BCUT2D eigenvalue weighted by Gasteiger charge is -2.35. The summed E-state index contributed by atoms with van der Waals surface area (Å²) in [6.45, 7) is 3.83. The molecule has 1 heterocycles. The van der Waals surface area contributed by atoms with Crippen molar-refractivity contribution in [1.82, 2.24) is 4.31 Å². The van der Waals surface area contributed by atoms with Gasteiger partial charge in [0.15, 0.2) is 0 Å². The molecule has 0 aromatic heterocycles. The zero-order valence-corrected chi connectivity index (χ0v) is 11.9. The molecule has 6 heteroatoms. The Morgan fingerprint density at radius 1 is 1.32 bits per heavy atom. The molecule has 1 fully saturated rings. The van der Waals surface area contributed by atoms with Crippen LogP contribution in [0.25, 0.3) is 0 Å². The summed E-state index contributed by atoms with van der Waals surface area (Å²) in [7, 11) is -3.82. The molecule has 0 bridgehead atoms. The summed E-state index contributed by atoms with van der Waals surface area (Å²) in [5.41, 5.74) is -0.138. The van der Waals surface area contributed by atoms with E-state index in [9.17, 15) is 17.9 Å². The number of benzene rings is 1.